The van der Waals surface area contributed by atoms with Crippen LogP contribution < -0.4 is 15.0 Å². The van der Waals surface area contributed by atoms with E-state index < -0.39 is 5.25 Å². The Morgan fingerprint density at radius 1 is 1.15 bits per heavy atom. The third-order valence-corrected chi connectivity index (χ3v) is 5.10. The highest BCUT2D eigenvalue weighted by atomic mass is 32.2. The molecule has 7 heteroatoms. The molecule has 2 aromatic rings. The smallest absolute Gasteiger partial charge is 0.247 e. The average Bonchev–Trinajstić information content (AvgIpc) is 2.94. The van der Waals surface area contributed by atoms with E-state index in [1.165, 1.54) is 18.9 Å². The summed E-state index contributed by atoms with van der Waals surface area (Å²) >= 11 is 1.17. The lowest BCUT2D eigenvalue weighted by atomic mass is 10.2. The second kappa shape index (κ2) is 8.05. The number of methoxy groups -OCH3 is 1. The molecule has 1 atom stereocenters. The number of hydrogen-bond acceptors (Lipinski definition) is 5. The average molecular weight is 370 g/mol. The first-order valence-corrected chi connectivity index (χ1v) is 9.11. The van der Waals surface area contributed by atoms with Crippen molar-refractivity contribution in [2.75, 3.05) is 23.1 Å². The molecule has 6 nitrogen and oxygen atoms in total. The van der Waals surface area contributed by atoms with Gasteiger partial charge in [-0.15, -0.1) is 11.8 Å². The molecule has 0 aliphatic carbocycles. The number of para-hydroxylation sites is 3. The number of rotatable bonds is 6. The number of nitrogens with zero attached hydrogens (tertiary/aromatic N) is 1. The molecule has 1 heterocycles. The zero-order chi connectivity index (χ0) is 18.5. The molecule has 3 rings (SSSR count). The Bertz CT molecular complexity index is 825. The second-order valence-electron chi connectivity index (χ2n) is 5.66. The Balaban J connectivity index is 1.63. The van der Waals surface area contributed by atoms with Gasteiger partial charge in [0.2, 0.25) is 17.7 Å². The van der Waals surface area contributed by atoms with E-state index in [1.807, 2.05) is 18.2 Å². The maximum absolute atomic E-state index is 12.7. The Hall–Kier alpha value is -2.80. The van der Waals surface area contributed by atoms with Crippen molar-refractivity contribution in [2.45, 2.75) is 11.7 Å². The normalized spacial score (nSPS) is 16.7. The molecule has 1 aliphatic rings. The number of ether oxygens (including phenoxy) is 1. The van der Waals surface area contributed by atoms with Crippen molar-refractivity contribution in [3.8, 4) is 5.75 Å². The van der Waals surface area contributed by atoms with Crippen LogP contribution in [0.1, 0.15) is 6.42 Å². The number of anilines is 2. The van der Waals surface area contributed by atoms with Gasteiger partial charge in [-0.25, -0.2) is 4.90 Å². The zero-order valence-electron chi connectivity index (χ0n) is 14.2. The van der Waals surface area contributed by atoms with Gasteiger partial charge in [0.1, 0.15) is 5.75 Å². The summed E-state index contributed by atoms with van der Waals surface area (Å²) in [6.07, 6.45) is 0.0696. The van der Waals surface area contributed by atoms with E-state index in [0.29, 0.717) is 17.1 Å². The first kappa shape index (κ1) is 18.0. The van der Waals surface area contributed by atoms with Gasteiger partial charge in [-0.3, -0.25) is 14.4 Å². The molecular formula is C19H18N2O4S. The Kier molecular flexibility index (Phi) is 5.58. The summed E-state index contributed by atoms with van der Waals surface area (Å²) in [5.74, 6) is -0.269. The minimum Gasteiger partial charge on any atom is -0.495 e. The second-order valence-corrected chi connectivity index (χ2v) is 6.85. The van der Waals surface area contributed by atoms with E-state index >= 15 is 0 Å². The molecule has 26 heavy (non-hydrogen) atoms. The van der Waals surface area contributed by atoms with Gasteiger partial charge in [-0.2, -0.15) is 0 Å². The molecule has 0 spiro atoms. The molecule has 0 radical (unpaired) electrons. The Morgan fingerprint density at radius 3 is 2.58 bits per heavy atom. The van der Waals surface area contributed by atoms with Crippen LogP contribution in [0.3, 0.4) is 0 Å². The van der Waals surface area contributed by atoms with E-state index in [2.05, 4.69) is 5.32 Å². The van der Waals surface area contributed by atoms with Crippen LogP contribution in [-0.2, 0) is 14.4 Å². The first-order chi connectivity index (χ1) is 12.6. The SMILES string of the molecule is COc1ccccc1N1C(=O)CC(SCC(=O)Nc2ccccc2)C1=O. The first-order valence-electron chi connectivity index (χ1n) is 8.06. The van der Waals surface area contributed by atoms with Gasteiger partial charge in [0.25, 0.3) is 0 Å². The van der Waals surface area contributed by atoms with Crippen LogP contribution in [0.25, 0.3) is 0 Å². The van der Waals surface area contributed by atoms with Crippen LogP contribution in [0.4, 0.5) is 11.4 Å². The summed E-state index contributed by atoms with van der Waals surface area (Å²) in [5, 5.41) is 2.19. The fourth-order valence-electron chi connectivity index (χ4n) is 2.70. The zero-order valence-corrected chi connectivity index (χ0v) is 15.0. The predicted molar refractivity (Wildman–Crippen MR) is 101 cm³/mol. The number of imide groups is 1. The number of nitrogens with one attached hydrogen (secondary N) is 1. The van der Waals surface area contributed by atoms with E-state index in [0.717, 1.165) is 4.90 Å². The third-order valence-electron chi connectivity index (χ3n) is 3.90. The highest BCUT2D eigenvalue weighted by Gasteiger charge is 2.41. The quantitative estimate of drug-likeness (QED) is 0.792. The monoisotopic (exact) mass is 370 g/mol. The molecule has 0 aromatic heterocycles. The molecular weight excluding hydrogens is 352 g/mol. The molecule has 1 fully saturated rings. The molecule has 1 saturated heterocycles. The molecule has 134 valence electrons. The maximum Gasteiger partial charge on any atom is 0.247 e. The van der Waals surface area contributed by atoms with E-state index in [4.69, 9.17) is 4.74 Å². The number of carbonyl (C=O) groups is 3. The predicted octanol–water partition coefficient (Wildman–Crippen LogP) is 2.70. The molecule has 2 aromatic carbocycles. The van der Waals surface area contributed by atoms with Crippen molar-refractivity contribution < 1.29 is 19.1 Å². The summed E-state index contributed by atoms with van der Waals surface area (Å²) in [4.78, 5) is 38.2. The van der Waals surface area contributed by atoms with Gasteiger partial charge < -0.3 is 10.1 Å². The standard InChI is InChI=1S/C19H18N2O4S/c1-25-15-10-6-5-9-14(15)21-18(23)11-16(19(21)24)26-12-17(22)20-13-7-3-2-4-8-13/h2-10,16H,11-12H2,1H3,(H,20,22). The van der Waals surface area contributed by atoms with E-state index in [-0.39, 0.29) is 29.9 Å². The van der Waals surface area contributed by atoms with Crippen molar-refractivity contribution in [3.05, 3.63) is 54.6 Å². The number of benzene rings is 2. The molecule has 1 aliphatic heterocycles. The molecule has 0 saturated carbocycles. The van der Waals surface area contributed by atoms with Gasteiger partial charge in [0.05, 0.1) is 23.8 Å². The Labute approximate surface area is 155 Å². The van der Waals surface area contributed by atoms with Crippen molar-refractivity contribution in [1.82, 2.24) is 0 Å². The minimum atomic E-state index is -0.575. The van der Waals surface area contributed by atoms with Crippen molar-refractivity contribution >= 4 is 40.9 Å². The lowest BCUT2D eigenvalue weighted by Crippen LogP contribution is -2.31. The number of hydrogen-bond donors (Lipinski definition) is 1. The summed E-state index contributed by atoms with van der Waals surface area (Å²) in [5.41, 5.74) is 1.13. The fourth-order valence-corrected chi connectivity index (χ4v) is 3.63. The topological polar surface area (TPSA) is 75.7 Å². The van der Waals surface area contributed by atoms with Crippen LogP contribution in [-0.4, -0.2) is 35.8 Å². The van der Waals surface area contributed by atoms with Gasteiger partial charge >= 0.3 is 0 Å². The van der Waals surface area contributed by atoms with Gasteiger partial charge in [-0.05, 0) is 24.3 Å². The summed E-state index contributed by atoms with van der Waals surface area (Å²) < 4.78 is 5.24. The van der Waals surface area contributed by atoms with Crippen molar-refractivity contribution in [1.29, 1.82) is 0 Å². The van der Waals surface area contributed by atoms with Crippen LogP contribution in [0.2, 0.25) is 0 Å². The number of thioether (sulfide) groups is 1. The fraction of sp³-hybridized carbons (Fsp3) is 0.211. The van der Waals surface area contributed by atoms with Gasteiger partial charge in [0.15, 0.2) is 0 Å². The molecule has 1 N–H and O–H groups in total. The molecule has 3 amide bonds. The van der Waals surface area contributed by atoms with Crippen molar-refractivity contribution in [3.63, 3.8) is 0 Å². The van der Waals surface area contributed by atoms with Crippen LogP contribution in [0, 0.1) is 0 Å². The third kappa shape index (κ3) is 3.88. The van der Waals surface area contributed by atoms with Gasteiger partial charge in [-0.1, -0.05) is 30.3 Å². The van der Waals surface area contributed by atoms with Crippen LogP contribution in [0.5, 0.6) is 5.75 Å². The molecule has 1 unspecified atom stereocenters. The van der Waals surface area contributed by atoms with Gasteiger partial charge in [0, 0.05) is 12.1 Å². The number of amides is 3. The largest absolute Gasteiger partial charge is 0.495 e. The maximum atomic E-state index is 12.7. The lowest BCUT2D eigenvalue weighted by Gasteiger charge is -2.17. The highest BCUT2D eigenvalue weighted by Crippen LogP contribution is 2.35. The Morgan fingerprint density at radius 2 is 1.85 bits per heavy atom. The van der Waals surface area contributed by atoms with Crippen molar-refractivity contribution in [2.24, 2.45) is 0 Å². The minimum absolute atomic E-state index is 0.0696. The van der Waals surface area contributed by atoms with Crippen LogP contribution in [0.15, 0.2) is 54.6 Å². The number of carbonyl (C=O) groups excluding carboxylic acids is 3. The summed E-state index contributed by atoms with van der Waals surface area (Å²) in [6, 6.07) is 16.0. The van der Waals surface area contributed by atoms with E-state index in [1.54, 1.807) is 36.4 Å². The van der Waals surface area contributed by atoms with E-state index in [9.17, 15) is 14.4 Å². The molecule has 0 bridgehead atoms. The lowest BCUT2D eigenvalue weighted by molar-refractivity contribution is -0.121. The summed E-state index contributed by atoms with van der Waals surface area (Å²) in [7, 11) is 1.49. The highest BCUT2D eigenvalue weighted by molar-refractivity contribution is 8.01. The summed E-state index contributed by atoms with van der Waals surface area (Å²) in [6.45, 7) is 0. The van der Waals surface area contributed by atoms with Crippen LogP contribution >= 0.6 is 11.8 Å².